The van der Waals surface area contributed by atoms with Crippen LogP contribution in [0.4, 0.5) is 5.69 Å². The average molecular weight is 433 g/mol. The third kappa shape index (κ3) is 6.23. The van der Waals surface area contributed by atoms with Gasteiger partial charge < -0.3 is 10.1 Å². The van der Waals surface area contributed by atoms with Crippen molar-refractivity contribution in [1.29, 1.82) is 0 Å². The number of nitrogens with one attached hydrogen (secondary N) is 1. The first kappa shape index (κ1) is 23.7. The van der Waals surface area contributed by atoms with Crippen LogP contribution in [0.5, 0.6) is 5.75 Å². The van der Waals surface area contributed by atoms with E-state index in [1.807, 2.05) is 51.1 Å². The van der Waals surface area contributed by atoms with Gasteiger partial charge in [-0.25, -0.2) is 8.42 Å². The normalized spacial score (nSPS) is 12.3. The van der Waals surface area contributed by atoms with Crippen molar-refractivity contribution in [1.82, 2.24) is 5.32 Å². The maximum atomic E-state index is 12.7. The van der Waals surface area contributed by atoms with Gasteiger partial charge in [0.05, 0.1) is 18.6 Å². The lowest BCUT2D eigenvalue weighted by atomic mass is 10.1. The number of para-hydroxylation sites is 1. The Morgan fingerprint density at radius 2 is 1.83 bits per heavy atom. The second kappa shape index (κ2) is 10.5. The molecule has 164 valence electrons. The maximum Gasteiger partial charge on any atom is 0.243 e. The molecule has 0 unspecified atom stereocenters. The molecule has 0 saturated heterocycles. The predicted octanol–water partition coefficient (Wildman–Crippen LogP) is 3.61. The van der Waals surface area contributed by atoms with Crippen LogP contribution < -0.4 is 14.4 Å². The minimum Gasteiger partial charge on any atom is -0.494 e. The molecule has 1 N–H and O–H groups in total. The average Bonchev–Trinajstić information content (AvgIpc) is 2.68. The second-order valence-corrected chi connectivity index (χ2v) is 9.30. The Hall–Kier alpha value is -2.54. The van der Waals surface area contributed by atoms with Crippen LogP contribution in [-0.4, -0.2) is 39.8 Å². The van der Waals surface area contributed by atoms with E-state index in [0.29, 0.717) is 18.8 Å². The van der Waals surface area contributed by atoms with Gasteiger partial charge in [-0.15, -0.1) is 0 Å². The van der Waals surface area contributed by atoms with Crippen molar-refractivity contribution >= 4 is 21.6 Å². The third-order valence-electron chi connectivity index (χ3n) is 5.03. The van der Waals surface area contributed by atoms with E-state index in [4.69, 9.17) is 4.74 Å². The molecule has 0 aliphatic heterocycles. The van der Waals surface area contributed by atoms with Gasteiger partial charge in [0.2, 0.25) is 15.9 Å². The van der Waals surface area contributed by atoms with E-state index in [0.717, 1.165) is 41.5 Å². The summed E-state index contributed by atoms with van der Waals surface area (Å²) >= 11 is 0. The van der Waals surface area contributed by atoms with Gasteiger partial charge in [0.15, 0.2) is 0 Å². The van der Waals surface area contributed by atoms with Crippen LogP contribution in [0.25, 0.3) is 0 Å². The first-order valence-electron chi connectivity index (χ1n) is 10.2. The molecule has 7 heteroatoms. The molecule has 2 aromatic rings. The van der Waals surface area contributed by atoms with Gasteiger partial charge >= 0.3 is 0 Å². The van der Waals surface area contributed by atoms with Crippen LogP contribution in [0.3, 0.4) is 0 Å². The van der Waals surface area contributed by atoms with Gasteiger partial charge in [-0.05, 0) is 75.4 Å². The van der Waals surface area contributed by atoms with Crippen molar-refractivity contribution in [2.45, 2.75) is 46.6 Å². The standard InChI is InChI=1S/C23H32N2O4S/c1-6-29-22-12-8-7-10-20(22)11-9-15-24-23(26)19(4)25(30(5,27)28)21-14-13-17(2)18(3)16-21/h7-8,10,12-14,16,19H,6,9,11,15H2,1-5H3,(H,24,26)/t19-/m1/s1. The number of nitrogens with zero attached hydrogens (tertiary/aromatic N) is 1. The maximum absolute atomic E-state index is 12.7. The molecule has 30 heavy (non-hydrogen) atoms. The van der Waals surface area contributed by atoms with E-state index in [-0.39, 0.29) is 5.91 Å². The monoisotopic (exact) mass is 432 g/mol. The summed E-state index contributed by atoms with van der Waals surface area (Å²) in [6.45, 7) is 8.49. The predicted molar refractivity (Wildman–Crippen MR) is 122 cm³/mol. The number of carbonyl (C=O) groups is 1. The van der Waals surface area contributed by atoms with Crippen LogP contribution in [0, 0.1) is 13.8 Å². The quantitative estimate of drug-likeness (QED) is 0.582. The minimum absolute atomic E-state index is 0.322. The lowest BCUT2D eigenvalue weighted by molar-refractivity contribution is -0.121. The van der Waals surface area contributed by atoms with Crippen molar-refractivity contribution in [2.75, 3.05) is 23.7 Å². The van der Waals surface area contributed by atoms with E-state index in [9.17, 15) is 13.2 Å². The first-order chi connectivity index (χ1) is 14.1. The summed E-state index contributed by atoms with van der Waals surface area (Å²) in [7, 11) is -3.62. The van der Waals surface area contributed by atoms with Gasteiger partial charge in [0.25, 0.3) is 0 Å². The zero-order valence-corrected chi connectivity index (χ0v) is 19.3. The van der Waals surface area contributed by atoms with Gasteiger partial charge in [0.1, 0.15) is 11.8 Å². The Kier molecular flexibility index (Phi) is 8.29. The number of ether oxygens (including phenoxy) is 1. The molecule has 0 aliphatic carbocycles. The Labute approximate surface area is 180 Å². The molecule has 0 radical (unpaired) electrons. The third-order valence-corrected chi connectivity index (χ3v) is 6.27. The van der Waals surface area contributed by atoms with Crippen molar-refractivity contribution in [2.24, 2.45) is 0 Å². The Morgan fingerprint density at radius 3 is 2.47 bits per heavy atom. The summed E-state index contributed by atoms with van der Waals surface area (Å²) in [5.74, 6) is 0.537. The van der Waals surface area contributed by atoms with Crippen molar-refractivity contribution in [3.8, 4) is 5.75 Å². The molecule has 0 saturated carbocycles. The molecule has 6 nitrogen and oxygen atoms in total. The molecule has 0 aliphatic rings. The fourth-order valence-corrected chi connectivity index (χ4v) is 4.48. The summed E-state index contributed by atoms with van der Waals surface area (Å²) < 4.78 is 31.6. The van der Waals surface area contributed by atoms with E-state index >= 15 is 0 Å². The van der Waals surface area contributed by atoms with Gasteiger partial charge in [-0.2, -0.15) is 0 Å². The van der Waals surface area contributed by atoms with Crippen molar-refractivity contribution in [3.63, 3.8) is 0 Å². The molecule has 0 aromatic heterocycles. The number of sulfonamides is 1. The largest absolute Gasteiger partial charge is 0.494 e. The van der Waals surface area contributed by atoms with Crippen molar-refractivity contribution < 1.29 is 17.9 Å². The summed E-state index contributed by atoms with van der Waals surface area (Å²) in [5, 5.41) is 2.87. The number of amides is 1. The summed E-state index contributed by atoms with van der Waals surface area (Å²) in [5.41, 5.74) is 3.63. The molecule has 2 aromatic carbocycles. The molecule has 1 amide bonds. The highest BCUT2D eigenvalue weighted by Crippen LogP contribution is 2.24. The highest BCUT2D eigenvalue weighted by atomic mass is 32.2. The second-order valence-electron chi connectivity index (χ2n) is 7.44. The zero-order valence-electron chi connectivity index (χ0n) is 18.4. The number of carbonyl (C=O) groups excluding carboxylic acids is 1. The fourth-order valence-electron chi connectivity index (χ4n) is 3.32. The van der Waals surface area contributed by atoms with Crippen LogP contribution in [0.2, 0.25) is 0 Å². The molecule has 0 fully saturated rings. The molecule has 0 spiro atoms. The van der Waals surface area contributed by atoms with Crippen LogP contribution in [-0.2, 0) is 21.2 Å². The molecular formula is C23H32N2O4S. The van der Waals surface area contributed by atoms with Crippen LogP contribution in [0.15, 0.2) is 42.5 Å². The van der Waals surface area contributed by atoms with E-state index < -0.39 is 16.1 Å². The van der Waals surface area contributed by atoms with Crippen molar-refractivity contribution in [3.05, 3.63) is 59.2 Å². The number of benzene rings is 2. The Bertz CT molecular complexity index is 973. The lowest BCUT2D eigenvalue weighted by Gasteiger charge is -2.28. The highest BCUT2D eigenvalue weighted by molar-refractivity contribution is 7.92. The highest BCUT2D eigenvalue weighted by Gasteiger charge is 2.29. The number of hydrogen-bond acceptors (Lipinski definition) is 4. The lowest BCUT2D eigenvalue weighted by Crippen LogP contribution is -2.48. The molecule has 2 rings (SSSR count). The van der Waals surface area contributed by atoms with Crippen LogP contribution >= 0.6 is 0 Å². The van der Waals surface area contributed by atoms with E-state index in [1.54, 1.807) is 19.1 Å². The SMILES string of the molecule is CCOc1ccccc1CCCNC(=O)[C@@H](C)N(c1ccc(C)c(C)c1)S(C)(=O)=O. The molecule has 0 bridgehead atoms. The zero-order chi connectivity index (χ0) is 22.3. The summed E-state index contributed by atoms with van der Waals surface area (Å²) in [4.78, 5) is 12.7. The van der Waals surface area contributed by atoms with Crippen LogP contribution in [0.1, 0.15) is 37.0 Å². The topological polar surface area (TPSA) is 75.7 Å². The molecule has 1 atom stereocenters. The minimum atomic E-state index is -3.62. The summed E-state index contributed by atoms with van der Waals surface area (Å²) in [6, 6.07) is 12.4. The molecular weight excluding hydrogens is 400 g/mol. The number of rotatable bonds is 10. The number of hydrogen-bond donors (Lipinski definition) is 1. The summed E-state index contributed by atoms with van der Waals surface area (Å²) in [6.07, 6.45) is 2.61. The smallest absolute Gasteiger partial charge is 0.243 e. The number of anilines is 1. The van der Waals surface area contributed by atoms with Gasteiger partial charge in [-0.3, -0.25) is 9.10 Å². The molecule has 0 heterocycles. The van der Waals surface area contributed by atoms with Gasteiger partial charge in [0, 0.05) is 6.54 Å². The first-order valence-corrected chi connectivity index (χ1v) is 12.0. The number of aryl methyl sites for hydroxylation is 3. The van der Waals surface area contributed by atoms with E-state index in [1.165, 1.54) is 4.31 Å². The van der Waals surface area contributed by atoms with E-state index in [2.05, 4.69) is 5.32 Å². The van der Waals surface area contributed by atoms with Gasteiger partial charge in [-0.1, -0.05) is 24.3 Å². The Balaban J connectivity index is 2.01. The Morgan fingerprint density at radius 1 is 1.13 bits per heavy atom. The fraction of sp³-hybridized carbons (Fsp3) is 0.435.